The Kier molecular flexibility index (Phi) is 4.57. The predicted molar refractivity (Wildman–Crippen MR) is 72.3 cm³/mol. The largest absolute Gasteiger partial charge is 0.444 e. The fourth-order valence-corrected chi connectivity index (χ4v) is 1.72. The van der Waals surface area contributed by atoms with Crippen LogP contribution in [0.4, 0.5) is 4.79 Å². The molecular formula is C12H18ClN3O3. The van der Waals surface area contributed by atoms with Crippen molar-refractivity contribution in [2.24, 2.45) is 7.05 Å². The maximum absolute atomic E-state index is 11.6. The van der Waals surface area contributed by atoms with Crippen molar-refractivity contribution in [3.63, 3.8) is 0 Å². The van der Waals surface area contributed by atoms with E-state index in [1.165, 1.54) is 13.1 Å². The van der Waals surface area contributed by atoms with Gasteiger partial charge >= 0.3 is 6.09 Å². The third-order valence-electron chi connectivity index (χ3n) is 2.27. The lowest BCUT2D eigenvalue weighted by Crippen LogP contribution is -2.34. The minimum Gasteiger partial charge on any atom is -0.444 e. The van der Waals surface area contributed by atoms with Crippen LogP contribution in [0, 0.1) is 0 Å². The van der Waals surface area contributed by atoms with E-state index in [0.29, 0.717) is 5.56 Å². The Bertz CT molecular complexity index is 534. The topological polar surface area (TPSA) is 73.2 Å². The molecule has 1 unspecified atom stereocenters. The van der Waals surface area contributed by atoms with Crippen molar-refractivity contribution in [2.75, 3.05) is 0 Å². The molecule has 106 valence electrons. The van der Waals surface area contributed by atoms with E-state index < -0.39 is 17.7 Å². The van der Waals surface area contributed by atoms with Crippen LogP contribution in [0.2, 0.25) is 5.15 Å². The number of ether oxygens (including phenoxy) is 1. The highest BCUT2D eigenvalue weighted by Gasteiger charge is 2.20. The molecular weight excluding hydrogens is 270 g/mol. The second-order valence-corrected chi connectivity index (χ2v) is 5.58. The monoisotopic (exact) mass is 287 g/mol. The summed E-state index contributed by atoms with van der Waals surface area (Å²) in [6.45, 7) is 7.00. The summed E-state index contributed by atoms with van der Waals surface area (Å²) in [7, 11) is 1.50. The molecule has 1 aromatic rings. The number of rotatable bonds is 2. The van der Waals surface area contributed by atoms with Crippen LogP contribution in [0.15, 0.2) is 10.9 Å². The van der Waals surface area contributed by atoms with Crippen molar-refractivity contribution < 1.29 is 9.53 Å². The first-order valence-corrected chi connectivity index (χ1v) is 6.21. The summed E-state index contributed by atoms with van der Waals surface area (Å²) in [4.78, 5) is 23.1. The second kappa shape index (κ2) is 5.61. The highest BCUT2D eigenvalue weighted by atomic mass is 35.5. The van der Waals surface area contributed by atoms with E-state index >= 15 is 0 Å². The first kappa shape index (κ1) is 15.5. The Morgan fingerprint density at radius 2 is 2.11 bits per heavy atom. The SMILES string of the molecule is CC(NC(=O)OC(C)(C)C)c1cc(=O)n(C)nc1Cl. The van der Waals surface area contributed by atoms with Crippen LogP contribution >= 0.6 is 11.6 Å². The fraction of sp³-hybridized carbons (Fsp3) is 0.583. The average molecular weight is 288 g/mol. The highest BCUT2D eigenvalue weighted by Crippen LogP contribution is 2.19. The smallest absolute Gasteiger partial charge is 0.408 e. The zero-order valence-electron chi connectivity index (χ0n) is 11.7. The Labute approximate surface area is 116 Å². The van der Waals surface area contributed by atoms with E-state index in [1.807, 2.05) is 0 Å². The number of aryl methyl sites for hydroxylation is 1. The van der Waals surface area contributed by atoms with Gasteiger partial charge in [0, 0.05) is 18.7 Å². The number of amides is 1. The maximum atomic E-state index is 11.6. The van der Waals surface area contributed by atoms with E-state index in [0.717, 1.165) is 4.68 Å². The molecule has 1 N–H and O–H groups in total. The van der Waals surface area contributed by atoms with Gasteiger partial charge in [0.05, 0.1) is 6.04 Å². The number of alkyl carbamates (subject to hydrolysis) is 1. The molecule has 1 aromatic heterocycles. The van der Waals surface area contributed by atoms with E-state index in [2.05, 4.69) is 10.4 Å². The Hall–Kier alpha value is -1.56. The Morgan fingerprint density at radius 1 is 1.53 bits per heavy atom. The summed E-state index contributed by atoms with van der Waals surface area (Å²) >= 11 is 5.95. The van der Waals surface area contributed by atoms with Crippen LogP contribution in [-0.2, 0) is 11.8 Å². The molecule has 6 nitrogen and oxygen atoms in total. The molecule has 0 saturated heterocycles. The van der Waals surface area contributed by atoms with Gasteiger partial charge in [0.1, 0.15) is 5.60 Å². The lowest BCUT2D eigenvalue weighted by molar-refractivity contribution is 0.0508. The second-order valence-electron chi connectivity index (χ2n) is 5.22. The number of halogens is 1. The average Bonchev–Trinajstić information content (AvgIpc) is 2.20. The number of hydrogen-bond donors (Lipinski definition) is 1. The van der Waals surface area contributed by atoms with Gasteiger partial charge in [-0.15, -0.1) is 0 Å². The highest BCUT2D eigenvalue weighted by molar-refractivity contribution is 6.30. The van der Waals surface area contributed by atoms with Crippen molar-refractivity contribution in [1.29, 1.82) is 0 Å². The predicted octanol–water partition coefficient (Wildman–Crippen LogP) is 2.02. The van der Waals surface area contributed by atoms with Crippen LogP contribution < -0.4 is 10.9 Å². The van der Waals surface area contributed by atoms with Gasteiger partial charge in [-0.3, -0.25) is 4.79 Å². The number of carbonyl (C=O) groups is 1. The normalized spacial score (nSPS) is 12.9. The summed E-state index contributed by atoms with van der Waals surface area (Å²) < 4.78 is 6.26. The van der Waals surface area contributed by atoms with E-state index in [9.17, 15) is 9.59 Å². The van der Waals surface area contributed by atoms with Crippen molar-refractivity contribution in [3.8, 4) is 0 Å². The van der Waals surface area contributed by atoms with Crippen molar-refractivity contribution >= 4 is 17.7 Å². The molecule has 0 aliphatic rings. The fourth-order valence-electron chi connectivity index (χ4n) is 1.39. The molecule has 0 saturated carbocycles. The first-order valence-electron chi connectivity index (χ1n) is 5.83. The first-order chi connectivity index (χ1) is 8.60. The van der Waals surface area contributed by atoms with Crippen LogP contribution in [0.25, 0.3) is 0 Å². The minimum atomic E-state index is -0.585. The Balaban J connectivity index is 2.84. The summed E-state index contributed by atoms with van der Waals surface area (Å²) in [6, 6.07) is 0.876. The lowest BCUT2D eigenvalue weighted by atomic mass is 10.1. The van der Waals surface area contributed by atoms with Crippen molar-refractivity contribution in [2.45, 2.75) is 39.3 Å². The van der Waals surface area contributed by atoms with Crippen molar-refractivity contribution in [1.82, 2.24) is 15.1 Å². The van der Waals surface area contributed by atoms with Gasteiger partial charge < -0.3 is 10.1 Å². The van der Waals surface area contributed by atoms with E-state index in [1.54, 1.807) is 27.7 Å². The number of nitrogens with zero attached hydrogens (tertiary/aromatic N) is 2. The van der Waals surface area contributed by atoms with Gasteiger partial charge in [-0.05, 0) is 27.7 Å². The molecule has 19 heavy (non-hydrogen) atoms. The molecule has 0 aliphatic carbocycles. The van der Waals surface area contributed by atoms with Crippen LogP contribution in [0.3, 0.4) is 0 Å². The molecule has 1 atom stereocenters. The van der Waals surface area contributed by atoms with Crippen LogP contribution in [0.5, 0.6) is 0 Å². The Morgan fingerprint density at radius 3 is 2.63 bits per heavy atom. The maximum Gasteiger partial charge on any atom is 0.408 e. The molecule has 0 bridgehead atoms. The van der Waals surface area contributed by atoms with Gasteiger partial charge in [-0.1, -0.05) is 11.6 Å². The lowest BCUT2D eigenvalue weighted by Gasteiger charge is -2.22. The molecule has 0 aliphatic heterocycles. The molecule has 1 amide bonds. The van der Waals surface area contributed by atoms with Gasteiger partial charge in [-0.25, -0.2) is 9.48 Å². The van der Waals surface area contributed by atoms with Crippen molar-refractivity contribution in [3.05, 3.63) is 27.1 Å². The summed E-state index contributed by atoms with van der Waals surface area (Å²) in [5.41, 5.74) is -0.425. The molecule has 7 heteroatoms. The van der Waals surface area contributed by atoms with Gasteiger partial charge in [0.25, 0.3) is 5.56 Å². The third-order valence-corrected chi connectivity index (χ3v) is 2.57. The van der Waals surface area contributed by atoms with Crippen LogP contribution in [0.1, 0.15) is 39.3 Å². The summed E-state index contributed by atoms with van der Waals surface area (Å²) in [5.74, 6) is 0. The summed E-state index contributed by atoms with van der Waals surface area (Å²) in [6.07, 6.45) is -0.572. The zero-order chi connectivity index (χ0) is 14.8. The van der Waals surface area contributed by atoms with E-state index in [4.69, 9.17) is 16.3 Å². The number of aromatic nitrogens is 2. The number of hydrogen-bond acceptors (Lipinski definition) is 4. The molecule has 1 rings (SSSR count). The van der Waals surface area contributed by atoms with E-state index in [-0.39, 0.29) is 10.7 Å². The number of nitrogens with one attached hydrogen (secondary N) is 1. The minimum absolute atomic E-state index is 0.172. The quantitative estimate of drug-likeness (QED) is 0.903. The van der Waals surface area contributed by atoms with Gasteiger partial charge in [0.2, 0.25) is 0 Å². The standard InChI is InChI=1S/C12H18ClN3O3/c1-7(14-11(18)19-12(2,3)4)8-6-9(17)16(5)15-10(8)13/h6-7H,1-5H3,(H,14,18). The van der Waals surface area contributed by atoms with Crippen LogP contribution in [-0.4, -0.2) is 21.5 Å². The summed E-state index contributed by atoms with van der Waals surface area (Å²) in [5, 5.41) is 6.63. The molecule has 0 spiro atoms. The van der Waals surface area contributed by atoms with Gasteiger partial charge in [-0.2, -0.15) is 5.10 Å². The van der Waals surface area contributed by atoms with Gasteiger partial charge in [0.15, 0.2) is 5.15 Å². The molecule has 0 aromatic carbocycles. The molecule has 0 fully saturated rings. The molecule has 1 heterocycles. The third kappa shape index (κ3) is 4.55. The zero-order valence-corrected chi connectivity index (χ0v) is 12.4. The molecule has 0 radical (unpaired) electrons. The number of carbonyl (C=O) groups excluding carboxylic acids is 1.